The smallest absolute Gasteiger partial charge is 0.264 e. The zero-order valence-electron chi connectivity index (χ0n) is 21.1. The molecule has 36 heavy (non-hydrogen) atoms. The van der Waals surface area contributed by atoms with Gasteiger partial charge < -0.3 is 10.2 Å². The number of anilines is 1. The van der Waals surface area contributed by atoms with Gasteiger partial charge in [0.05, 0.1) is 10.6 Å². The Balaban J connectivity index is 2.05. The van der Waals surface area contributed by atoms with Gasteiger partial charge in [-0.05, 0) is 55.7 Å². The Morgan fingerprint density at radius 2 is 1.56 bits per heavy atom. The molecule has 0 aliphatic carbocycles. The van der Waals surface area contributed by atoms with Crippen LogP contribution in [-0.2, 0) is 26.2 Å². The molecule has 3 rings (SSSR count). The first-order valence-corrected chi connectivity index (χ1v) is 13.3. The molecule has 3 aromatic rings. The van der Waals surface area contributed by atoms with Gasteiger partial charge in [0.2, 0.25) is 11.8 Å². The van der Waals surface area contributed by atoms with Crippen LogP contribution in [0, 0.1) is 13.8 Å². The lowest BCUT2D eigenvalue weighted by Gasteiger charge is -2.33. The first-order chi connectivity index (χ1) is 17.2. The van der Waals surface area contributed by atoms with Gasteiger partial charge in [-0.15, -0.1) is 0 Å². The van der Waals surface area contributed by atoms with Gasteiger partial charge in [-0.25, -0.2) is 8.42 Å². The first kappa shape index (κ1) is 26.9. The minimum Gasteiger partial charge on any atom is -0.357 e. The quantitative estimate of drug-likeness (QED) is 0.449. The number of benzene rings is 3. The molecule has 0 radical (unpaired) electrons. The highest BCUT2D eigenvalue weighted by Crippen LogP contribution is 2.26. The molecule has 1 unspecified atom stereocenters. The second kappa shape index (κ2) is 11.9. The topological polar surface area (TPSA) is 86.8 Å². The highest BCUT2D eigenvalue weighted by atomic mass is 32.2. The van der Waals surface area contributed by atoms with E-state index in [0.29, 0.717) is 12.1 Å². The van der Waals surface area contributed by atoms with Crippen molar-refractivity contribution in [3.63, 3.8) is 0 Å². The average molecular weight is 508 g/mol. The molecule has 2 amide bonds. The van der Waals surface area contributed by atoms with Crippen LogP contribution in [0.1, 0.15) is 30.0 Å². The summed E-state index contributed by atoms with van der Waals surface area (Å²) in [6.07, 6.45) is 0.382. The van der Waals surface area contributed by atoms with Crippen LogP contribution < -0.4 is 9.62 Å². The molecule has 1 atom stereocenters. The number of nitrogens with zero attached hydrogens (tertiary/aromatic N) is 2. The Morgan fingerprint density at radius 3 is 2.14 bits per heavy atom. The maximum atomic E-state index is 13.8. The Kier molecular flexibility index (Phi) is 8.88. The van der Waals surface area contributed by atoms with Crippen LogP contribution in [-0.4, -0.2) is 44.8 Å². The molecule has 1 N–H and O–H groups in total. The molecule has 0 aliphatic rings. The molecule has 0 fully saturated rings. The predicted molar refractivity (Wildman–Crippen MR) is 142 cm³/mol. The number of nitrogens with one attached hydrogen (secondary N) is 1. The Bertz CT molecular complexity index is 1290. The minimum atomic E-state index is -4.06. The molecule has 0 aromatic heterocycles. The van der Waals surface area contributed by atoms with Gasteiger partial charge in [-0.3, -0.25) is 13.9 Å². The first-order valence-electron chi connectivity index (χ1n) is 11.9. The van der Waals surface area contributed by atoms with Crippen LogP contribution in [0.15, 0.2) is 83.8 Å². The van der Waals surface area contributed by atoms with Crippen LogP contribution in [0.3, 0.4) is 0 Å². The van der Waals surface area contributed by atoms with E-state index in [1.165, 1.54) is 11.9 Å². The largest absolute Gasteiger partial charge is 0.357 e. The highest BCUT2D eigenvalue weighted by molar-refractivity contribution is 7.92. The summed E-state index contributed by atoms with van der Waals surface area (Å²) in [5, 5.41) is 2.63. The molecule has 0 saturated heterocycles. The molecule has 0 bridgehead atoms. The van der Waals surface area contributed by atoms with E-state index < -0.39 is 28.5 Å². The summed E-state index contributed by atoms with van der Waals surface area (Å²) in [6, 6.07) is 22.2. The van der Waals surface area contributed by atoms with Crippen molar-refractivity contribution in [2.75, 3.05) is 17.9 Å². The van der Waals surface area contributed by atoms with E-state index in [-0.39, 0.29) is 17.3 Å². The predicted octanol–water partition coefficient (Wildman–Crippen LogP) is 4.05. The third kappa shape index (κ3) is 6.31. The number of hydrogen-bond donors (Lipinski definition) is 1. The zero-order valence-corrected chi connectivity index (χ0v) is 22.0. The average Bonchev–Trinajstić information content (AvgIpc) is 2.87. The second-order valence-electron chi connectivity index (χ2n) is 8.71. The van der Waals surface area contributed by atoms with Gasteiger partial charge in [0.25, 0.3) is 10.0 Å². The lowest BCUT2D eigenvalue weighted by Crippen LogP contribution is -2.51. The number of aryl methyl sites for hydroxylation is 2. The maximum Gasteiger partial charge on any atom is 0.264 e. The molecule has 0 heterocycles. The summed E-state index contributed by atoms with van der Waals surface area (Å²) in [7, 11) is -2.54. The van der Waals surface area contributed by atoms with Gasteiger partial charge in [-0.1, -0.05) is 67.1 Å². The SMILES string of the molecule is CCC(C(=O)NC)N(Cc1ccccc1)C(=O)CN(c1cccc(C)c1)S(=O)(=O)c1ccc(C)cc1. The van der Waals surface area contributed by atoms with Crippen LogP contribution in [0.2, 0.25) is 0 Å². The van der Waals surface area contributed by atoms with Crippen LogP contribution in [0.4, 0.5) is 5.69 Å². The molecular weight excluding hydrogens is 474 g/mol. The summed E-state index contributed by atoms with van der Waals surface area (Å²) in [5.41, 5.74) is 3.02. The monoisotopic (exact) mass is 507 g/mol. The van der Waals surface area contributed by atoms with Crippen molar-refractivity contribution in [1.29, 1.82) is 0 Å². The van der Waals surface area contributed by atoms with E-state index in [1.807, 2.05) is 57.2 Å². The molecule has 0 saturated carbocycles. The van der Waals surface area contributed by atoms with E-state index in [0.717, 1.165) is 21.0 Å². The van der Waals surface area contributed by atoms with E-state index in [9.17, 15) is 18.0 Å². The Labute approximate surface area is 213 Å². The molecule has 190 valence electrons. The van der Waals surface area contributed by atoms with Crippen LogP contribution >= 0.6 is 0 Å². The van der Waals surface area contributed by atoms with Gasteiger partial charge in [0.1, 0.15) is 12.6 Å². The van der Waals surface area contributed by atoms with Gasteiger partial charge >= 0.3 is 0 Å². The fraction of sp³-hybridized carbons (Fsp3) is 0.286. The molecule has 0 spiro atoms. The zero-order chi connectivity index (χ0) is 26.3. The number of hydrogen-bond acceptors (Lipinski definition) is 4. The van der Waals surface area contributed by atoms with Crippen molar-refractivity contribution in [3.8, 4) is 0 Å². The summed E-state index contributed by atoms with van der Waals surface area (Å²) in [5.74, 6) is -0.767. The third-order valence-corrected chi connectivity index (χ3v) is 7.79. The Hall–Kier alpha value is -3.65. The number of sulfonamides is 1. The molecule has 8 heteroatoms. The van der Waals surface area contributed by atoms with Crippen molar-refractivity contribution in [2.45, 2.75) is 44.7 Å². The van der Waals surface area contributed by atoms with Crippen molar-refractivity contribution < 1.29 is 18.0 Å². The van der Waals surface area contributed by atoms with Crippen molar-refractivity contribution in [1.82, 2.24) is 10.2 Å². The number of carbonyl (C=O) groups excluding carboxylic acids is 2. The summed E-state index contributed by atoms with van der Waals surface area (Å²) < 4.78 is 28.7. The van der Waals surface area contributed by atoms with Gasteiger partial charge in [0, 0.05) is 13.6 Å². The third-order valence-electron chi connectivity index (χ3n) is 6.01. The molecular formula is C28H33N3O4S. The Morgan fingerprint density at radius 1 is 0.889 bits per heavy atom. The second-order valence-corrected chi connectivity index (χ2v) is 10.6. The van der Waals surface area contributed by atoms with Crippen molar-refractivity contribution >= 4 is 27.5 Å². The molecule has 3 aromatic carbocycles. The van der Waals surface area contributed by atoms with Gasteiger partial charge in [0.15, 0.2) is 0 Å². The van der Waals surface area contributed by atoms with E-state index in [4.69, 9.17) is 0 Å². The molecule has 7 nitrogen and oxygen atoms in total. The summed E-state index contributed by atoms with van der Waals surface area (Å²) >= 11 is 0. The lowest BCUT2D eigenvalue weighted by atomic mass is 10.1. The van der Waals surface area contributed by atoms with E-state index in [2.05, 4.69) is 5.32 Å². The number of amides is 2. The maximum absolute atomic E-state index is 13.8. The van der Waals surface area contributed by atoms with E-state index >= 15 is 0 Å². The minimum absolute atomic E-state index is 0.0929. The van der Waals surface area contributed by atoms with E-state index in [1.54, 1.807) is 42.5 Å². The van der Waals surface area contributed by atoms with Crippen LogP contribution in [0.25, 0.3) is 0 Å². The summed E-state index contributed by atoms with van der Waals surface area (Å²) in [6.45, 7) is 5.30. The van der Waals surface area contributed by atoms with Crippen molar-refractivity contribution in [3.05, 3.63) is 95.6 Å². The standard InChI is InChI=1S/C28H33N3O4S/c1-5-26(28(33)29-4)30(19-23-11-7-6-8-12-23)27(32)20-31(24-13-9-10-22(3)18-24)36(34,35)25-16-14-21(2)15-17-25/h6-18,26H,5,19-20H2,1-4H3,(H,29,33). The van der Waals surface area contributed by atoms with Crippen LogP contribution in [0.5, 0.6) is 0 Å². The molecule has 0 aliphatic heterocycles. The van der Waals surface area contributed by atoms with Crippen molar-refractivity contribution in [2.24, 2.45) is 0 Å². The number of carbonyl (C=O) groups is 2. The normalized spacial score (nSPS) is 12.0. The highest BCUT2D eigenvalue weighted by Gasteiger charge is 2.33. The fourth-order valence-corrected chi connectivity index (χ4v) is 5.42. The number of rotatable bonds is 10. The number of likely N-dealkylation sites (N-methyl/N-ethyl adjacent to an activating group) is 1. The lowest BCUT2D eigenvalue weighted by molar-refractivity contribution is -0.140. The van der Waals surface area contributed by atoms with Gasteiger partial charge in [-0.2, -0.15) is 0 Å². The summed E-state index contributed by atoms with van der Waals surface area (Å²) in [4.78, 5) is 28.1. The fourth-order valence-electron chi connectivity index (χ4n) is 4.02.